The summed E-state index contributed by atoms with van der Waals surface area (Å²) in [6.45, 7) is 3.85. The molecule has 3 heterocycles. The van der Waals surface area contributed by atoms with Crippen LogP contribution in [0.4, 0.5) is 11.4 Å². The lowest BCUT2D eigenvalue weighted by molar-refractivity contribution is -0.118. The van der Waals surface area contributed by atoms with E-state index in [9.17, 15) is 14.7 Å². The molecule has 0 unspecified atom stereocenters. The number of carboxylic acid groups (broad SMARTS) is 1. The van der Waals surface area contributed by atoms with Gasteiger partial charge in [0.2, 0.25) is 0 Å². The number of aryl methyl sites for hydroxylation is 1. The summed E-state index contributed by atoms with van der Waals surface area (Å²) in [4.78, 5) is 31.3. The number of hydrogen-bond donors (Lipinski definition) is 3. The maximum absolute atomic E-state index is 12.5. The van der Waals surface area contributed by atoms with Crippen molar-refractivity contribution in [3.8, 4) is 11.4 Å². The summed E-state index contributed by atoms with van der Waals surface area (Å²) in [5, 5.41) is 16.8. The monoisotopic (exact) mass is 617 g/mol. The van der Waals surface area contributed by atoms with Crippen LogP contribution in [0.5, 0.6) is 5.75 Å². The number of nitrogens with zero attached hydrogens (tertiary/aromatic N) is 3. The normalized spacial score (nSPS) is 15.9. The van der Waals surface area contributed by atoms with Crippen molar-refractivity contribution in [2.45, 2.75) is 25.9 Å². The summed E-state index contributed by atoms with van der Waals surface area (Å²) in [7, 11) is 0. The largest absolute Gasteiger partial charge is 0.484 e. The predicted molar refractivity (Wildman–Crippen MR) is 177 cm³/mol. The van der Waals surface area contributed by atoms with Crippen LogP contribution < -0.4 is 20.3 Å². The number of nitrogens with one attached hydrogen (secondary N) is 2. The van der Waals surface area contributed by atoms with Gasteiger partial charge in [0.25, 0.3) is 5.91 Å². The Kier molecular flexibility index (Phi) is 8.30. The Hall–Kier alpha value is -5.48. The Labute approximate surface area is 266 Å². The van der Waals surface area contributed by atoms with Gasteiger partial charge in [0, 0.05) is 29.0 Å². The van der Waals surface area contributed by atoms with Gasteiger partial charge in [-0.2, -0.15) is 0 Å². The van der Waals surface area contributed by atoms with E-state index in [4.69, 9.17) is 17.0 Å². The van der Waals surface area contributed by atoms with Crippen LogP contribution in [0.2, 0.25) is 0 Å². The number of rotatable bonds is 9. The number of anilines is 2. The first-order valence-electron chi connectivity index (χ1n) is 14.4. The number of carboxylic acids is 1. The van der Waals surface area contributed by atoms with E-state index in [0.29, 0.717) is 22.2 Å². The van der Waals surface area contributed by atoms with Gasteiger partial charge >= 0.3 is 5.97 Å². The van der Waals surface area contributed by atoms with Gasteiger partial charge in [-0.25, -0.2) is 4.79 Å². The molecule has 0 spiro atoms. The van der Waals surface area contributed by atoms with E-state index >= 15 is 0 Å². The second kappa shape index (κ2) is 12.6. The zero-order valence-corrected chi connectivity index (χ0v) is 25.5. The second-order valence-electron chi connectivity index (χ2n) is 10.7. The van der Waals surface area contributed by atoms with Crippen molar-refractivity contribution in [1.29, 1.82) is 0 Å². The van der Waals surface area contributed by atoms with Crippen LogP contribution in [-0.2, 0) is 4.79 Å². The van der Waals surface area contributed by atoms with Crippen molar-refractivity contribution in [2.24, 2.45) is 0 Å². The van der Waals surface area contributed by atoms with E-state index in [2.05, 4.69) is 21.7 Å². The molecule has 226 valence electrons. The van der Waals surface area contributed by atoms with Gasteiger partial charge in [-0.1, -0.05) is 36.4 Å². The molecule has 2 aromatic heterocycles. The van der Waals surface area contributed by atoms with Gasteiger partial charge < -0.3 is 29.9 Å². The van der Waals surface area contributed by atoms with Gasteiger partial charge in [-0.15, -0.1) is 0 Å². The van der Waals surface area contributed by atoms with Crippen LogP contribution in [-0.4, -0.2) is 38.3 Å². The summed E-state index contributed by atoms with van der Waals surface area (Å²) in [5.74, 6) is -0.639. The van der Waals surface area contributed by atoms with Crippen molar-refractivity contribution < 1.29 is 19.4 Å². The smallest absolute Gasteiger partial charge is 0.337 e. The Balaban J connectivity index is 1.33. The number of ether oxygens (including phenoxy) is 1. The maximum Gasteiger partial charge on any atom is 0.337 e. The number of carbonyl (C=O) groups is 2. The summed E-state index contributed by atoms with van der Waals surface area (Å²) in [5.41, 5.74) is 5.85. The highest BCUT2D eigenvalue weighted by Gasteiger charge is 2.42. The summed E-state index contributed by atoms with van der Waals surface area (Å²) in [6, 6.07) is 30.9. The minimum atomic E-state index is -0.991. The van der Waals surface area contributed by atoms with Crippen molar-refractivity contribution in [2.75, 3.05) is 16.8 Å². The van der Waals surface area contributed by atoms with Crippen LogP contribution in [0.1, 0.15) is 45.1 Å². The highest BCUT2D eigenvalue weighted by atomic mass is 32.1. The number of hydrogen-bond acceptors (Lipinski definition) is 5. The highest BCUT2D eigenvalue weighted by Crippen LogP contribution is 2.44. The number of benzene rings is 3. The third-order valence-electron chi connectivity index (χ3n) is 7.80. The Morgan fingerprint density at radius 1 is 0.956 bits per heavy atom. The van der Waals surface area contributed by atoms with Gasteiger partial charge in [-0.05, 0) is 98.4 Å². The molecule has 3 N–H and O–H groups in total. The molecule has 1 aliphatic rings. The first-order valence-corrected chi connectivity index (χ1v) is 14.8. The number of amides is 1. The minimum Gasteiger partial charge on any atom is -0.484 e. The SMILES string of the molecule is Cc1cc([C@H]2[C@H](c3ccccn3)NC(=S)N2c2ccc(NC(=O)COc3ccccc3)cc2)c(C)n1-c1ccccc1C(=O)O. The number of thiocarbonyl (C=S) groups is 1. The van der Waals surface area contributed by atoms with Crippen LogP contribution in [0.25, 0.3) is 5.69 Å². The topological polar surface area (TPSA) is 109 Å². The number of aromatic carboxylic acids is 1. The summed E-state index contributed by atoms with van der Waals surface area (Å²) < 4.78 is 7.54. The predicted octanol–water partition coefficient (Wildman–Crippen LogP) is 6.38. The standard InChI is InChI=1S/C35H31N5O4S/c1-22-20-28(23(2)39(22)30-14-7-6-12-27(30)34(42)43)33-32(29-13-8-9-19-36-29)38-35(45)40(33)25-17-15-24(16-18-25)37-31(41)21-44-26-10-4-3-5-11-26/h3-20,32-33H,21H2,1-2H3,(H,37,41)(H,38,45)(H,42,43)/t32-,33-/m0/s1. The Bertz CT molecular complexity index is 1860. The third kappa shape index (κ3) is 6.00. The van der Waals surface area contributed by atoms with Gasteiger partial charge in [0.1, 0.15) is 5.75 Å². The zero-order valence-electron chi connectivity index (χ0n) is 24.7. The van der Waals surface area contributed by atoms with Gasteiger partial charge in [-0.3, -0.25) is 9.78 Å². The van der Waals surface area contributed by atoms with E-state index in [0.717, 1.165) is 28.3 Å². The van der Waals surface area contributed by atoms with Crippen molar-refractivity contribution >= 4 is 40.6 Å². The van der Waals surface area contributed by atoms with E-state index in [-0.39, 0.29) is 30.2 Å². The molecular weight excluding hydrogens is 586 g/mol. The van der Waals surface area contributed by atoms with Crippen LogP contribution in [0.3, 0.4) is 0 Å². The molecule has 5 aromatic rings. The highest BCUT2D eigenvalue weighted by molar-refractivity contribution is 7.80. The molecule has 1 saturated heterocycles. The average Bonchev–Trinajstić information content (AvgIpc) is 3.55. The molecule has 2 atom stereocenters. The first kappa shape index (κ1) is 29.6. The lowest BCUT2D eigenvalue weighted by Gasteiger charge is -2.28. The molecule has 0 bridgehead atoms. The summed E-state index contributed by atoms with van der Waals surface area (Å²) in [6.07, 6.45) is 1.76. The van der Waals surface area contributed by atoms with E-state index in [1.54, 1.807) is 30.5 Å². The van der Waals surface area contributed by atoms with Crippen molar-refractivity contribution in [3.63, 3.8) is 0 Å². The first-order chi connectivity index (χ1) is 21.8. The average molecular weight is 618 g/mol. The zero-order chi connectivity index (χ0) is 31.5. The fourth-order valence-corrected chi connectivity index (χ4v) is 6.17. The molecular formula is C35H31N5O4S. The van der Waals surface area contributed by atoms with Gasteiger partial charge in [0.15, 0.2) is 11.7 Å². The Morgan fingerprint density at radius 2 is 1.67 bits per heavy atom. The summed E-state index contributed by atoms with van der Waals surface area (Å²) >= 11 is 5.91. The van der Waals surface area contributed by atoms with E-state index in [1.807, 2.05) is 96.1 Å². The number of carbonyl (C=O) groups excluding carboxylic acids is 1. The van der Waals surface area contributed by atoms with E-state index in [1.165, 1.54) is 0 Å². The molecule has 0 saturated carbocycles. The quantitative estimate of drug-likeness (QED) is 0.164. The fourth-order valence-electron chi connectivity index (χ4n) is 5.82. The molecule has 1 amide bonds. The molecule has 0 radical (unpaired) electrons. The number of para-hydroxylation sites is 2. The van der Waals surface area contributed by atoms with Crippen LogP contribution >= 0.6 is 12.2 Å². The maximum atomic E-state index is 12.5. The minimum absolute atomic E-state index is 0.111. The third-order valence-corrected chi connectivity index (χ3v) is 8.12. The molecule has 45 heavy (non-hydrogen) atoms. The van der Waals surface area contributed by atoms with E-state index < -0.39 is 5.97 Å². The number of pyridine rings is 1. The van der Waals surface area contributed by atoms with Gasteiger partial charge in [0.05, 0.1) is 29.0 Å². The molecule has 1 aliphatic heterocycles. The molecule has 9 nitrogen and oxygen atoms in total. The molecule has 1 fully saturated rings. The lowest BCUT2D eigenvalue weighted by Crippen LogP contribution is -2.29. The fraction of sp³-hybridized carbons (Fsp3) is 0.143. The second-order valence-corrected chi connectivity index (χ2v) is 11.1. The molecule has 3 aromatic carbocycles. The Morgan fingerprint density at radius 3 is 2.38 bits per heavy atom. The lowest BCUT2D eigenvalue weighted by atomic mass is 9.96. The number of aromatic nitrogens is 2. The van der Waals surface area contributed by atoms with Crippen LogP contribution in [0.15, 0.2) is 109 Å². The van der Waals surface area contributed by atoms with Crippen molar-refractivity contribution in [3.05, 3.63) is 138 Å². The van der Waals surface area contributed by atoms with Crippen LogP contribution in [0, 0.1) is 13.8 Å². The molecule has 10 heteroatoms. The molecule has 6 rings (SSSR count). The molecule has 0 aliphatic carbocycles. The van der Waals surface area contributed by atoms with Crippen molar-refractivity contribution in [1.82, 2.24) is 14.9 Å².